The van der Waals surface area contributed by atoms with Crippen molar-refractivity contribution in [2.75, 3.05) is 0 Å². The molecule has 1 atom stereocenters. The first-order valence-corrected chi connectivity index (χ1v) is 11.6. The predicted octanol–water partition coefficient (Wildman–Crippen LogP) is 7.28. The second-order valence-electron chi connectivity index (χ2n) is 8.13. The largest absolute Gasteiger partial charge is 0.393 e. The van der Waals surface area contributed by atoms with Crippen molar-refractivity contribution in [3.8, 4) is 0 Å². The van der Waals surface area contributed by atoms with Crippen molar-refractivity contribution in [2.24, 2.45) is 5.92 Å². The van der Waals surface area contributed by atoms with Crippen LogP contribution >= 0.6 is 0 Å². The zero-order chi connectivity index (χ0) is 19.6. The van der Waals surface area contributed by atoms with Crippen molar-refractivity contribution in [1.29, 1.82) is 0 Å². The molecular weight excluding hydrogens is 336 g/mol. The average molecular weight is 379 g/mol. The van der Waals surface area contributed by atoms with Gasteiger partial charge in [0.05, 0.1) is 12.3 Å². The molecule has 0 aromatic heterocycles. The van der Waals surface area contributed by atoms with E-state index in [1.807, 2.05) is 0 Å². The Labute approximate surface area is 167 Å². The molecular formula is C24H42O3. The number of esters is 2. The zero-order valence-corrected chi connectivity index (χ0v) is 17.7. The smallest absolute Gasteiger partial charge is 0.317 e. The maximum absolute atomic E-state index is 11.4. The number of carbonyl (C=O) groups is 2. The molecule has 3 nitrogen and oxygen atoms in total. The number of unbranched alkanes of at least 4 members (excludes halogenated alkanes) is 14. The highest BCUT2D eigenvalue weighted by molar-refractivity contribution is 5.94. The maximum atomic E-state index is 11.4. The molecule has 27 heavy (non-hydrogen) atoms. The Morgan fingerprint density at radius 1 is 0.741 bits per heavy atom. The van der Waals surface area contributed by atoms with Crippen LogP contribution in [0.4, 0.5) is 0 Å². The molecule has 1 aliphatic heterocycles. The van der Waals surface area contributed by atoms with Gasteiger partial charge < -0.3 is 4.74 Å². The lowest BCUT2D eigenvalue weighted by Gasteiger charge is -2.04. The molecule has 1 unspecified atom stereocenters. The number of allylic oxidation sites excluding steroid dienone is 2. The van der Waals surface area contributed by atoms with E-state index in [-0.39, 0.29) is 17.9 Å². The molecule has 0 spiro atoms. The van der Waals surface area contributed by atoms with Gasteiger partial charge in [-0.1, -0.05) is 96.1 Å². The van der Waals surface area contributed by atoms with E-state index in [0.29, 0.717) is 6.42 Å². The molecule has 0 amide bonds. The number of hydrogen-bond donors (Lipinski definition) is 0. The van der Waals surface area contributed by atoms with Gasteiger partial charge in [0.1, 0.15) is 0 Å². The van der Waals surface area contributed by atoms with Gasteiger partial charge in [-0.05, 0) is 32.1 Å². The summed E-state index contributed by atoms with van der Waals surface area (Å²) in [5, 5.41) is 0. The van der Waals surface area contributed by atoms with Crippen LogP contribution in [0.3, 0.4) is 0 Å². The fourth-order valence-electron chi connectivity index (χ4n) is 3.73. The third-order valence-corrected chi connectivity index (χ3v) is 5.53. The molecule has 0 aromatic rings. The number of hydrogen-bond acceptors (Lipinski definition) is 3. The van der Waals surface area contributed by atoms with Gasteiger partial charge in [-0.2, -0.15) is 0 Å². The van der Waals surface area contributed by atoms with Gasteiger partial charge in [-0.25, -0.2) is 0 Å². The number of ether oxygens (including phenoxy) is 1. The molecule has 0 aliphatic carbocycles. The van der Waals surface area contributed by atoms with Gasteiger partial charge in [0, 0.05) is 0 Å². The predicted molar refractivity (Wildman–Crippen MR) is 113 cm³/mol. The van der Waals surface area contributed by atoms with Crippen molar-refractivity contribution in [3.05, 3.63) is 12.2 Å². The fourth-order valence-corrected chi connectivity index (χ4v) is 3.73. The maximum Gasteiger partial charge on any atom is 0.317 e. The quantitative estimate of drug-likeness (QED) is 0.109. The van der Waals surface area contributed by atoms with Crippen LogP contribution in [0.25, 0.3) is 0 Å². The topological polar surface area (TPSA) is 43.4 Å². The summed E-state index contributed by atoms with van der Waals surface area (Å²) in [6.07, 6.45) is 26.8. The van der Waals surface area contributed by atoms with E-state index in [4.69, 9.17) is 0 Å². The lowest BCUT2D eigenvalue weighted by Crippen LogP contribution is -2.06. The van der Waals surface area contributed by atoms with E-state index >= 15 is 0 Å². The minimum Gasteiger partial charge on any atom is -0.393 e. The molecule has 1 heterocycles. The van der Waals surface area contributed by atoms with E-state index < -0.39 is 0 Å². The summed E-state index contributed by atoms with van der Waals surface area (Å²) in [7, 11) is 0. The molecule has 0 N–H and O–H groups in total. The lowest BCUT2D eigenvalue weighted by atomic mass is 9.99. The Morgan fingerprint density at radius 2 is 1.22 bits per heavy atom. The molecule has 0 bridgehead atoms. The molecule has 1 rings (SSSR count). The van der Waals surface area contributed by atoms with E-state index in [9.17, 15) is 9.59 Å². The minimum absolute atomic E-state index is 0.160. The Hall–Kier alpha value is -1.12. The molecule has 1 aliphatic rings. The summed E-state index contributed by atoms with van der Waals surface area (Å²) in [4.78, 5) is 22.4. The Morgan fingerprint density at radius 3 is 1.70 bits per heavy atom. The second-order valence-corrected chi connectivity index (χ2v) is 8.13. The summed E-state index contributed by atoms with van der Waals surface area (Å²) >= 11 is 0. The van der Waals surface area contributed by atoms with Gasteiger partial charge in [0.2, 0.25) is 0 Å². The van der Waals surface area contributed by atoms with Crippen molar-refractivity contribution >= 4 is 11.9 Å². The van der Waals surface area contributed by atoms with Gasteiger partial charge in [0.25, 0.3) is 0 Å². The van der Waals surface area contributed by atoms with Gasteiger partial charge >= 0.3 is 11.9 Å². The number of rotatable bonds is 18. The first kappa shape index (κ1) is 23.9. The van der Waals surface area contributed by atoms with Crippen molar-refractivity contribution in [3.63, 3.8) is 0 Å². The van der Waals surface area contributed by atoms with E-state index in [1.165, 1.54) is 96.3 Å². The van der Waals surface area contributed by atoms with Crippen LogP contribution in [0.1, 0.15) is 122 Å². The second kappa shape index (κ2) is 17.0. The lowest BCUT2D eigenvalue weighted by molar-refractivity contribution is -0.153. The monoisotopic (exact) mass is 378 g/mol. The van der Waals surface area contributed by atoms with Crippen molar-refractivity contribution in [2.45, 2.75) is 122 Å². The van der Waals surface area contributed by atoms with Crippen LogP contribution in [0.2, 0.25) is 0 Å². The highest BCUT2D eigenvalue weighted by Crippen LogP contribution is 2.22. The van der Waals surface area contributed by atoms with Crippen molar-refractivity contribution < 1.29 is 14.3 Å². The summed E-state index contributed by atoms with van der Waals surface area (Å²) in [5.41, 5.74) is 0. The Balaban J connectivity index is 1.74. The molecule has 0 aromatic carbocycles. The van der Waals surface area contributed by atoms with Crippen LogP contribution in [0, 0.1) is 5.92 Å². The zero-order valence-electron chi connectivity index (χ0n) is 17.7. The number of carbonyl (C=O) groups excluding carboxylic acids is 2. The van der Waals surface area contributed by atoms with E-state index in [0.717, 1.165) is 12.8 Å². The third kappa shape index (κ3) is 13.7. The van der Waals surface area contributed by atoms with Gasteiger partial charge in [-0.3, -0.25) is 9.59 Å². The number of cyclic esters (lactones) is 2. The van der Waals surface area contributed by atoms with Crippen LogP contribution in [-0.4, -0.2) is 11.9 Å². The third-order valence-electron chi connectivity index (χ3n) is 5.53. The summed E-state index contributed by atoms with van der Waals surface area (Å²) in [5.74, 6) is -0.808. The minimum atomic E-state index is -0.345. The highest BCUT2D eigenvalue weighted by atomic mass is 16.6. The van der Waals surface area contributed by atoms with Gasteiger partial charge in [-0.15, -0.1) is 0 Å². The highest BCUT2D eigenvalue weighted by Gasteiger charge is 2.32. The Bertz CT molecular complexity index is 414. The molecule has 1 fully saturated rings. The Kier molecular flexibility index (Phi) is 15.1. The average Bonchev–Trinajstić information content (AvgIpc) is 2.98. The molecule has 0 radical (unpaired) electrons. The summed E-state index contributed by atoms with van der Waals surface area (Å²) in [6.45, 7) is 2.27. The SMILES string of the molecule is CCCCCCC/C=C/CCCCCCCCCCCC1CC(=O)OC1=O. The summed E-state index contributed by atoms with van der Waals surface area (Å²) < 4.78 is 4.58. The first-order chi connectivity index (χ1) is 13.2. The van der Waals surface area contributed by atoms with E-state index in [1.54, 1.807) is 0 Å². The van der Waals surface area contributed by atoms with Crippen LogP contribution in [-0.2, 0) is 14.3 Å². The van der Waals surface area contributed by atoms with Crippen LogP contribution in [0.5, 0.6) is 0 Å². The normalized spacial score (nSPS) is 17.1. The first-order valence-electron chi connectivity index (χ1n) is 11.6. The molecule has 0 saturated carbocycles. The summed E-state index contributed by atoms with van der Waals surface area (Å²) in [6, 6.07) is 0. The molecule has 1 saturated heterocycles. The van der Waals surface area contributed by atoms with Crippen molar-refractivity contribution in [1.82, 2.24) is 0 Å². The molecule has 156 valence electrons. The van der Waals surface area contributed by atoms with Crippen LogP contribution in [0.15, 0.2) is 12.2 Å². The molecule has 3 heteroatoms. The van der Waals surface area contributed by atoms with E-state index in [2.05, 4.69) is 23.8 Å². The fraction of sp³-hybridized carbons (Fsp3) is 0.833. The standard InChI is InChI=1S/C24H42O3/c1-2-3-4-5-6-7-8-9-10-11-12-13-14-15-16-17-18-19-20-22-21-23(25)27-24(22)26/h8-9,22H,2-7,10-21H2,1H3/b9-8+. The van der Waals surface area contributed by atoms with Crippen LogP contribution < -0.4 is 0 Å². The van der Waals surface area contributed by atoms with Gasteiger partial charge in [0.15, 0.2) is 0 Å².